The number of sulfonamides is 1. The average molecular weight is 320 g/mol. The van der Waals surface area contributed by atoms with Gasteiger partial charge in [-0.05, 0) is 45.0 Å². The van der Waals surface area contributed by atoms with Gasteiger partial charge in [-0.1, -0.05) is 6.92 Å². The van der Waals surface area contributed by atoms with Crippen molar-refractivity contribution in [1.82, 2.24) is 10.0 Å². The predicted octanol–water partition coefficient (Wildman–Crippen LogP) is 1.60. The summed E-state index contributed by atoms with van der Waals surface area (Å²) in [5, 5.41) is 3.31. The van der Waals surface area contributed by atoms with Crippen molar-refractivity contribution < 1.29 is 13.2 Å². The van der Waals surface area contributed by atoms with Crippen LogP contribution in [0.3, 0.4) is 0 Å². The SMILES string of the molecule is CCCNCCc1ccc(S(=O)(=O)NC(C)COC)s1. The zero-order chi connectivity index (χ0) is 15.0. The van der Waals surface area contributed by atoms with Crippen LogP contribution in [0.15, 0.2) is 16.3 Å². The zero-order valence-corrected chi connectivity index (χ0v) is 13.9. The topological polar surface area (TPSA) is 67.4 Å². The average Bonchev–Trinajstić information content (AvgIpc) is 2.84. The minimum Gasteiger partial charge on any atom is -0.383 e. The Morgan fingerprint density at radius 2 is 2.10 bits per heavy atom. The molecule has 1 unspecified atom stereocenters. The predicted molar refractivity (Wildman–Crippen MR) is 82.8 cm³/mol. The van der Waals surface area contributed by atoms with Crippen LogP contribution in [0.2, 0.25) is 0 Å². The second-order valence-electron chi connectivity index (χ2n) is 4.70. The lowest BCUT2D eigenvalue weighted by Crippen LogP contribution is -2.35. The zero-order valence-electron chi connectivity index (χ0n) is 12.3. The van der Waals surface area contributed by atoms with Crippen molar-refractivity contribution in [3.8, 4) is 0 Å². The Kier molecular flexibility index (Phi) is 7.68. The van der Waals surface area contributed by atoms with Crippen LogP contribution in [0.1, 0.15) is 25.1 Å². The Morgan fingerprint density at radius 1 is 1.35 bits per heavy atom. The van der Waals surface area contributed by atoms with E-state index in [1.54, 1.807) is 20.1 Å². The van der Waals surface area contributed by atoms with Gasteiger partial charge in [-0.25, -0.2) is 13.1 Å². The summed E-state index contributed by atoms with van der Waals surface area (Å²) in [6.07, 6.45) is 1.96. The Bertz CT molecular complexity index is 486. The van der Waals surface area contributed by atoms with Crippen LogP contribution in [-0.4, -0.2) is 41.3 Å². The summed E-state index contributed by atoms with van der Waals surface area (Å²) < 4.78 is 32.2. The Morgan fingerprint density at radius 3 is 2.75 bits per heavy atom. The first-order valence-electron chi connectivity index (χ1n) is 6.80. The molecule has 1 rings (SSSR count). The molecule has 1 heterocycles. The number of ether oxygens (including phenoxy) is 1. The van der Waals surface area contributed by atoms with Crippen LogP contribution in [0.4, 0.5) is 0 Å². The first kappa shape index (κ1) is 17.6. The maximum absolute atomic E-state index is 12.1. The summed E-state index contributed by atoms with van der Waals surface area (Å²) in [5.74, 6) is 0. The third kappa shape index (κ3) is 5.88. The Balaban J connectivity index is 2.56. The van der Waals surface area contributed by atoms with E-state index in [2.05, 4.69) is 17.0 Å². The van der Waals surface area contributed by atoms with Gasteiger partial charge < -0.3 is 10.1 Å². The molecule has 0 radical (unpaired) electrons. The summed E-state index contributed by atoms with van der Waals surface area (Å²) in [5.41, 5.74) is 0. The highest BCUT2D eigenvalue weighted by atomic mass is 32.2. The van der Waals surface area contributed by atoms with E-state index in [0.29, 0.717) is 10.8 Å². The molecule has 0 aliphatic heterocycles. The molecule has 5 nitrogen and oxygen atoms in total. The maximum Gasteiger partial charge on any atom is 0.250 e. The number of thiophene rings is 1. The van der Waals surface area contributed by atoms with Gasteiger partial charge in [0.05, 0.1) is 6.61 Å². The maximum atomic E-state index is 12.1. The van der Waals surface area contributed by atoms with Gasteiger partial charge in [0.2, 0.25) is 10.0 Å². The molecule has 0 fully saturated rings. The summed E-state index contributed by atoms with van der Waals surface area (Å²) in [6, 6.07) is 3.32. The highest BCUT2D eigenvalue weighted by Crippen LogP contribution is 2.22. The van der Waals surface area contributed by atoms with Crippen LogP contribution in [0.25, 0.3) is 0 Å². The third-order valence-corrected chi connectivity index (χ3v) is 5.88. The summed E-state index contributed by atoms with van der Waals surface area (Å²) >= 11 is 1.33. The van der Waals surface area contributed by atoms with Gasteiger partial charge in [-0.15, -0.1) is 11.3 Å². The van der Waals surface area contributed by atoms with Crippen molar-refractivity contribution in [2.24, 2.45) is 0 Å². The van der Waals surface area contributed by atoms with Crippen LogP contribution in [0, 0.1) is 0 Å². The summed E-state index contributed by atoms with van der Waals surface area (Å²) in [7, 11) is -1.88. The monoisotopic (exact) mass is 320 g/mol. The van der Waals surface area contributed by atoms with E-state index in [1.807, 2.05) is 6.07 Å². The van der Waals surface area contributed by atoms with Gasteiger partial charge in [-0.3, -0.25) is 0 Å². The second kappa shape index (κ2) is 8.74. The number of nitrogens with one attached hydrogen (secondary N) is 2. The van der Waals surface area contributed by atoms with Crippen molar-refractivity contribution in [2.75, 3.05) is 26.8 Å². The fourth-order valence-electron chi connectivity index (χ4n) is 1.76. The number of methoxy groups -OCH3 is 1. The van der Waals surface area contributed by atoms with E-state index in [4.69, 9.17) is 4.74 Å². The molecule has 0 aliphatic rings. The van der Waals surface area contributed by atoms with E-state index in [-0.39, 0.29) is 6.04 Å². The molecule has 1 atom stereocenters. The fourth-order valence-corrected chi connectivity index (χ4v) is 4.36. The van der Waals surface area contributed by atoms with E-state index in [9.17, 15) is 8.42 Å². The molecular formula is C13H24N2O3S2. The number of rotatable bonds is 10. The van der Waals surface area contributed by atoms with Gasteiger partial charge in [0, 0.05) is 18.0 Å². The van der Waals surface area contributed by atoms with E-state index >= 15 is 0 Å². The van der Waals surface area contributed by atoms with Crippen LogP contribution >= 0.6 is 11.3 Å². The molecule has 7 heteroatoms. The molecule has 0 bridgehead atoms. The van der Waals surface area contributed by atoms with Crippen LogP contribution in [0.5, 0.6) is 0 Å². The molecule has 20 heavy (non-hydrogen) atoms. The number of hydrogen-bond acceptors (Lipinski definition) is 5. The molecule has 116 valence electrons. The quantitative estimate of drug-likeness (QED) is 0.643. The van der Waals surface area contributed by atoms with E-state index in [0.717, 1.165) is 30.8 Å². The lowest BCUT2D eigenvalue weighted by Gasteiger charge is -2.11. The van der Waals surface area contributed by atoms with E-state index in [1.165, 1.54) is 11.3 Å². The standard InChI is InChI=1S/C13H24N2O3S2/c1-4-8-14-9-7-12-5-6-13(19-12)20(16,17)15-11(2)10-18-3/h5-6,11,14-15H,4,7-10H2,1-3H3. The molecular weight excluding hydrogens is 296 g/mol. The minimum atomic E-state index is -3.43. The van der Waals surface area contributed by atoms with Crippen LogP contribution < -0.4 is 10.0 Å². The Labute approximate surface area is 125 Å². The third-order valence-electron chi connectivity index (χ3n) is 2.65. The first-order chi connectivity index (χ1) is 9.49. The van der Waals surface area contributed by atoms with Crippen molar-refractivity contribution in [1.29, 1.82) is 0 Å². The fraction of sp³-hybridized carbons (Fsp3) is 0.692. The van der Waals surface area contributed by atoms with Gasteiger partial charge in [-0.2, -0.15) is 0 Å². The van der Waals surface area contributed by atoms with Crippen LogP contribution in [-0.2, 0) is 21.2 Å². The molecule has 0 aliphatic carbocycles. The highest BCUT2D eigenvalue weighted by molar-refractivity contribution is 7.91. The molecule has 0 saturated carbocycles. The lowest BCUT2D eigenvalue weighted by atomic mass is 10.3. The number of hydrogen-bond donors (Lipinski definition) is 2. The first-order valence-corrected chi connectivity index (χ1v) is 9.10. The minimum absolute atomic E-state index is 0.234. The normalized spacial score (nSPS) is 13.6. The highest BCUT2D eigenvalue weighted by Gasteiger charge is 2.19. The van der Waals surface area contributed by atoms with Crippen molar-refractivity contribution in [3.63, 3.8) is 0 Å². The molecule has 2 N–H and O–H groups in total. The molecule has 0 amide bonds. The molecule has 0 spiro atoms. The van der Waals surface area contributed by atoms with Gasteiger partial charge in [0.25, 0.3) is 0 Å². The molecule has 0 saturated heterocycles. The lowest BCUT2D eigenvalue weighted by molar-refractivity contribution is 0.180. The van der Waals surface area contributed by atoms with Crippen molar-refractivity contribution in [3.05, 3.63) is 17.0 Å². The Hall–Kier alpha value is -0.470. The largest absolute Gasteiger partial charge is 0.383 e. The van der Waals surface area contributed by atoms with Gasteiger partial charge in [0.15, 0.2) is 0 Å². The van der Waals surface area contributed by atoms with Gasteiger partial charge in [0.1, 0.15) is 4.21 Å². The molecule has 1 aromatic heterocycles. The van der Waals surface area contributed by atoms with Gasteiger partial charge >= 0.3 is 0 Å². The summed E-state index contributed by atoms with van der Waals surface area (Å²) in [4.78, 5) is 1.08. The summed E-state index contributed by atoms with van der Waals surface area (Å²) in [6.45, 7) is 6.13. The molecule has 1 aromatic rings. The smallest absolute Gasteiger partial charge is 0.250 e. The molecule has 0 aromatic carbocycles. The van der Waals surface area contributed by atoms with Crippen molar-refractivity contribution >= 4 is 21.4 Å². The second-order valence-corrected chi connectivity index (χ2v) is 7.81. The van der Waals surface area contributed by atoms with E-state index < -0.39 is 10.0 Å². The van der Waals surface area contributed by atoms with Crippen molar-refractivity contribution in [2.45, 2.75) is 36.9 Å².